The molecule has 1 fully saturated rings. The maximum atomic E-state index is 12.1. The Bertz CT molecular complexity index is 357. The van der Waals surface area contributed by atoms with Crippen LogP contribution < -0.4 is 10.6 Å². The van der Waals surface area contributed by atoms with Gasteiger partial charge in [-0.25, -0.2) is 8.42 Å². The lowest BCUT2D eigenvalue weighted by molar-refractivity contribution is -0.139. The van der Waals surface area contributed by atoms with Gasteiger partial charge in [0.1, 0.15) is 0 Å². The van der Waals surface area contributed by atoms with E-state index < -0.39 is 28.5 Å². The van der Waals surface area contributed by atoms with Crippen LogP contribution >= 0.6 is 0 Å². The maximum absolute atomic E-state index is 12.1. The molecule has 0 bridgehead atoms. The summed E-state index contributed by atoms with van der Waals surface area (Å²) in [4.78, 5) is 0. The highest BCUT2D eigenvalue weighted by atomic mass is 32.2. The molecule has 0 aromatic rings. The van der Waals surface area contributed by atoms with E-state index in [1.54, 1.807) is 0 Å². The van der Waals surface area contributed by atoms with Gasteiger partial charge >= 0.3 is 6.18 Å². The molecule has 8 heteroatoms. The molecule has 2 N–H and O–H groups in total. The third-order valence-corrected chi connectivity index (χ3v) is 4.56. The van der Waals surface area contributed by atoms with E-state index >= 15 is 0 Å². The predicted octanol–water partition coefficient (Wildman–Crippen LogP) is 0.694. The lowest BCUT2D eigenvalue weighted by Crippen LogP contribution is -2.46. The molecular formula is C10H19F3N2O2S. The minimum atomic E-state index is -4.17. The number of hydrogen-bond donors (Lipinski definition) is 2. The molecule has 0 aliphatic carbocycles. The van der Waals surface area contributed by atoms with E-state index in [4.69, 9.17) is 0 Å². The first kappa shape index (κ1) is 15.7. The van der Waals surface area contributed by atoms with E-state index in [9.17, 15) is 21.6 Å². The first-order chi connectivity index (χ1) is 8.18. The Labute approximate surface area is 105 Å². The van der Waals surface area contributed by atoms with E-state index in [-0.39, 0.29) is 17.5 Å². The molecular weight excluding hydrogens is 269 g/mol. The standard InChI is InChI=1S/C10H19F3N2O2S/c1-8(6-10(11,12)13)14-3-2-9-7-18(16,17)5-4-15-9/h8-9,14-15H,2-7H2,1H3. The van der Waals surface area contributed by atoms with Gasteiger partial charge in [-0.15, -0.1) is 0 Å². The summed E-state index contributed by atoms with van der Waals surface area (Å²) in [5, 5.41) is 5.81. The van der Waals surface area contributed by atoms with E-state index in [0.29, 0.717) is 19.5 Å². The van der Waals surface area contributed by atoms with Crippen molar-refractivity contribution in [3.63, 3.8) is 0 Å². The summed E-state index contributed by atoms with van der Waals surface area (Å²) in [6.45, 7) is 2.27. The Morgan fingerprint density at radius 1 is 1.44 bits per heavy atom. The molecule has 0 aromatic carbocycles. The lowest BCUT2D eigenvalue weighted by atomic mass is 10.2. The zero-order valence-electron chi connectivity index (χ0n) is 10.3. The van der Waals surface area contributed by atoms with Crippen LogP contribution in [0.5, 0.6) is 0 Å². The topological polar surface area (TPSA) is 58.2 Å². The van der Waals surface area contributed by atoms with E-state index in [2.05, 4.69) is 10.6 Å². The number of nitrogens with one attached hydrogen (secondary N) is 2. The third kappa shape index (κ3) is 6.55. The number of sulfone groups is 1. The molecule has 0 aromatic heterocycles. The van der Waals surface area contributed by atoms with Crippen LogP contribution in [0, 0.1) is 0 Å². The summed E-state index contributed by atoms with van der Waals surface area (Å²) in [7, 11) is -2.98. The summed E-state index contributed by atoms with van der Waals surface area (Å²) < 4.78 is 58.8. The van der Waals surface area contributed by atoms with Crippen molar-refractivity contribution >= 4 is 9.84 Å². The fourth-order valence-electron chi connectivity index (χ4n) is 1.98. The SMILES string of the molecule is CC(CC(F)(F)F)NCCC1CS(=O)(=O)CCN1. The smallest absolute Gasteiger partial charge is 0.314 e. The number of alkyl halides is 3. The van der Waals surface area contributed by atoms with Gasteiger partial charge in [0, 0.05) is 18.6 Å². The van der Waals surface area contributed by atoms with Crippen molar-refractivity contribution in [1.29, 1.82) is 0 Å². The quantitative estimate of drug-likeness (QED) is 0.781. The number of hydrogen-bond acceptors (Lipinski definition) is 4. The predicted molar refractivity (Wildman–Crippen MR) is 63.2 cm³/mol. The molecule has 1 saturated heterocycles. The number of halogens is 3. The molecule has 0 saturated carbocycles. The molecule has 2 atom stereocenters. The highest BCUT2D eigenvalue weighted by molar-refractivity contribution is 7.91. The van der Waals surface area contributed by atoms with Gasteiger partial charge in [0.15, 0.2) is 9.84 Å². The Balaban J connectivity index is 2.22. The fraction of sp³-hybridized carbons (Fsp3) is 1.00. The van der Waals surface area contributed by atoms with Crippen LogP contribution in [0.25, 0.3) is 0 Å². The zero-order chi connectivity index (χ0) is 13.8. The highest BCUT2D eigenvalue weighted by Gasteiger charge is 2.30. The summed E-state index contributed by atoms with van der Waals surface area (Å²) in [6, 6.07) is -0.806. The first-order valence-electron chi connectivity index (χ1n) is 5.92. The molecule has 4 nitrogen and oxygen atoms in total. The van der Waals surface area contributed by atoms with Crippen molar-refractivity contribution in [2.75, 3.05) is 24.6 Å². The van der Waals surface area contributed by atoms with Gasteiger partial charge in [-0.2, -0.15) is 13.2 Å². The molecule has 1 aliphatic rings. The third-order valence-electron chi connectivity index (χ3n) is 2.82. The minimum absolute atomic E-state index is 0.0718. The summed E-state index contributed by atoms with van der Waals surface area (Å²) in [5.74, 6) is 0.212. The van der Waals surface area contributed by atoms with Crippen LogP contribution in [0.15, 0.2) is 0 Å². The van der Waals surface area contributed by atoms with Crippen molar-refractivity contribution in [1.82, 2.24) is 10.6 Å². The largest absolute Gasteiger partial charge is 0.390 e. The van der Waals surface area contributed by atoms with E-state index in [1.807, 2.05) is 0 Å². The minimum Gasteiger partial charge on any atom is -0.314 e. The van der Waals surface area contributed by atoms with Gasteiger partial charge in [-0.3, -0.25) is 0 Å². The second-order valence-electron chi connectivity index (χ2n) is 4.73. The van der Waals surface area contributed by atoms with Gasteiger partial charge in [0.25, 0.3) is 0 Å². The van der Waals surface area contributed by atoms with Gasteiger partial charge < -0.3 is 10.6 Å². The highest BCUT2D eigenvalue weighted by Crippen LogP contribution is 2.21. The Morgan fingerprint density at radius 2 is 2.11 bits per heavy atom. The van der Waals surface area contributed by atoms with Crippen molar-refractivity contribution < 1.29 is 21.6 Å². The lowest BCUT2D eigenvalue weighted by Gasteiger charge is -2.24. The van der Waals surface area contributed by atoms with Crippen molar-refractivity contribution in [3.8, 4) is 0 Å². The monoisotopic (exact) mass is 288 g/mol. The molecule has 0 radical (unpaired) electrons. The van der Waals surface area contributed by atoms with Crippen molar-refractivity contribution in [3.05, 3.63) is 0 Å². The average Bonchev–Trinajstić information content (AvgIpc) is 2.12. The number of rotatable bonds is 5. The Morgan fingerprint density at radius 3 is 2.67 bits per heavy atom. The molecule has 18 heavy (non-hydrogen) atoms. The van der Waals surface area contributed by atoms with Gasteiger partial charge in [0.2, 0.25) is 0 Å². The Kier molecular flexibility index (Phi) is 5.42. The van der Waals surface area contributed by atoms with Gasteiger partial charge in [0.05, 0.1) is 17.9 Å². The van der Waals surface area contributed by atoms with Crippen LogP contribution in [-0.2, 0) is 9.84 Å². The molecule has 1 aliphatic heterocycles. The van der Waals surface area contributed by atoms with Crippen LogP contribution in [-0.4, -0.2) is 51.3 Å². The van der Waals surface area contributed by atoms with Crippen LogP contribution in [0.3, 0.4) is 0 Å². The summed E-state index contributed by atoms with van der Waals surface area (Å²) in [5.41, 5.74) is 0. The molecule has 1 rings (SSSR count). The van der Waals surface area contributed by atoms with Crippen molar-refractivity contribution in [2.24, 2.45) is 0 Å². The molecule has 1 heterocycles. The molecule has 2 unspecified atom stereocenters. The average molecular weight is 288 g/mol. The zero-order valence-corrected chi connectivity index (χ0v) is 11.1. The second-order valence-corrected chi connectivity index (χ2v) is 6.96. The van der Waals surface area contributed by atoms with Crippen LogP contribution in [0.4, 0.5) is 13.2 Å². The summed E-state index contributed by atoms with van der Waals surface area (Å²) in [6.07, 6.45) is -4.52. The normalized spacial score (nSPS) is 25.9. The molecule has 0 spiro atoms. The fourth-order valence-corrected chi connectivity index (χ4v) is 3.47. The Hall–Kier alpha value is -0.340. The van der Waals surface area contributed by atoms with Crippen molar-refractivity contribution in [2.45, 2.75) is 38.0 Å². The van der Waals surface area contributed by atoms with Gasteiger partial charge in [-0.1, -0.05) is 0 Å². The molecule has 0 amide bonds. The molecule has 108 valence electrons. The first-order valence-corrected chi connectivity index (χ1v) is 7.74. The van der Waals surface area contributed by atoms with Crippen LogP contribution in [0.2, 0.25) is 0 Å². The van der Waals surface area contributed by atoms with Crippen LogP contribution in [0.1, 0.15) is 19.8 Å². The summed E-state index contributed by atoms with van der Waals surface area (Å²) >= 11 is 0. The maximum Gasteiger partial charge on any atom is 0.390 e. The van der Waals surface area contributed by atoms with Gasteiger partial charge in [-0.05, 0) is 19.9 Å². The second kappa shape index (κ2) is 6.21. The van der Waals surface area contributed by atoms with E-state index in [1.165, 1.54) is 6.92 Å². The van der Waals surface area contributed by atoms with E-state index in [0.717, 1.165) is 0 Å².